The van der Waals surface area contributed by atoms with Gasteiger partial charge in [-0.05, 0) is 46.0 Å². The fraction of sp³-hybridized carbons (Fsp3) is 0.733. The Labute approximate surface area is 99.6 Å². The second-order valence-corrected chi connectivity index (χ2v) is 5.98. The smallest absolute Gasteiger partial charge is 0.0839 e. The molecule has 0 N–H and O–H groups in total. The number of hydrogen-bond donors (Lipinski definition) is 0. The van der Waals surface area contributed by atoms with Gasteiger partial charge in [0.05, 0.1) is 11.2 Å². The van der Waals surface area contributed by atoms with Crippen molar-refractivity contribution >= 4 is 0 Å². The lowest BCUT2D eigenvalue weighted by Crippen LogP contribution is -2.55. The van der Waals surface area contributed by atoms with E-state index in [0.29, 0.717) is 11.8 Å². The molecule has 0 saturated carbocycles. The van der Waals surface area contributed by atoms with Crippen molar-refractivity contribution in [1.29, 1.82) is 0 Å². The topological polar surface area (TPSA) is 9.23 Å². The van der Waals surface area contributed by atoms with Crippen LogP contribution in [0, 0.1) is 11.8 Å². The maximum atomic E-state index is 6.44. The summed E-state index contributed by atoms with van der Waals surface area (Å²) in [6, 6.07) is 0. The van der Waals surface area contributed by atoms with Gasteiger partial charge in [-0.2, -0.15) is 0 Å². The molecule has 1 fully saturated rings. The van der Waals surface area contributed by atoms with E-state index in [0.717, 1.165) is 12.8 Å². The van der Waals surface area contributed by atoms with E-state index in [-0.39, 0.29) is 11.2 Å². The molecule has 1 heterocycles. The lowest BCUT2D eigenvalue weighted by Gasteiger charge is -2.54. The van der Waals surface area contributed by atoms with Gasteiger partial charge in [0.2, 0.25) is 0 Å². The highest BCUT2D eigenvalue weighted by Crippen LogP contribution is 2.50. The minimum atomic E-state index is -0.128. The van der Waals surface area contributed by atoms with Crippen LogP contribution >= 0.6 is 0 Å². The summed E-state index contributed by atoms with van der Waals surface area (Å²) in [5.74, 6) is 1.20. The van der Waals surface area contributed by atoms with E-state index in [2.05, 4.69) is 40.3 Å². The molecule has 1 saturated heterocycles. The fourth-order valence-electron chi connectivity index (χ4n) is 3.35. The molecule has 0 spiro atoms. The highest BCUT2D eigenvalue weighted by molar-refractivity contribution is 5.19. The van der Waals surface area contributed by atoms with Crippen molar-refractivity contribution in [2.24, 2.45) is 11.8 Å². The van der Waals surface area contributed by atoms with Crippen LogP contribution in [-0.2, 0) is 4.74 Å². The molecule has 16 heavy (non-hydrogen) atoms. The molecular formula is C15H24O. The van der Waals surface area contributed by atoms with E-state index in [4.69, 9.17) is 4.74 Å². The van der Waals surface area contributed by atoms with Gasteiger partial charge >= 0.3 is 0 Å². The van der Waals surface area contributed by atoms with Crippen LogP contribution in [0.1, 0.15) is 47.0 Å². The SMILES string of the molecule is C=C[C@@]1(C)CC[C@H]2C(C)=CCC(C)[C@]2(C)O1. The third kappa shape index (κ3) is 1.66. The zero-order valence-corrected chi connectivity index (χ0v) is 11.0. The number of allylic oxidation sites excluding steroid dienone is 1. The van der Waals surface area contributed by atoms with E-state index in [1.165, 1.54) is 12.0 Å². The quantitative estimate of drug-likeness (QED) is 0.604. The van der Waals surface area contributed by atoms with Crippen molar-refractivity contribution in [2.75, 3.05) is 0 Å². The minimum absolute atomic E-state index is 0.0000231. The van der Waals surface area contributed by atoms with Crippen LogP contribution < -0.4 is 0 Å². The van der Waals surface area contributed by atoms with Crippen LogP contribution in [-0.4, -0.2) is 11.2 Å². The molecule has 0 aromatic rings. The fourth-order valence-corrected chi connectivity index (χ4v) is 3.35. The molecule has 2 rings (SSSR count). The molecular weight excluding hydrogens is 196 g/mol. The normalized spacial score (nSPS) is 48.1. The summed E-state index contributed by atoms with van der Waals surface area (Å²) in [6.07, 6.45) is 7.85. The standard InChI is InChI=1S/C15H24O/c1-6-14(4)10-9-13-11(2)7-8-12(3)15(13,5)16-14/h6-7,12-13H,1,8-10H2,2-5H3/t12?,13-,14-,15-/m0/s1. The first-order valence-corrected chi connectivity index (χ1v) is 6.42. The zero-order chi connectivity index (χ0) is 12.0. The van der Waals surface area contributed by atoms with Gasteiger partial charge in [0.25, 0.3) is 0 Å². The van der Waals surface area contributed by atoms with Crippen molar-refractivity contribution in [3.05, 3.63) is 24.3 Å². The molecule has 0 aromatic heterocycles. The van der Waals surface area contributed by atoms with E-state index < -0.39 is 0 Å². The molecule has 2 aliphatic rings. The molecule has 1 unspecified atom stereocenters. The van der Waals surface area contributed by atoms with Gasteiger partial charge in [-0.15, -0.1) is 6.58 Å². The number of rotatable bonds is 1. The summed E-state index contributed by atoms with van der Waals surface area (Å²) in [5, 5.41) is 0. The predicted octanol–water partition coefficient (Wildman–Crippen LogP) is 4.10. The van der Waals surface area contributed by atoms with Crippen LogP contribution in [0.2, 0.25) is 0 Å². The second kappa shape index (κ2) is 3.73. The minimum Gasteiger partial charge on any atom is -0.364 e. The largest absolute Gasteiger partial charge is 0.364 e. The summed E-state index contributed by atoms with van der Waals surface area (Å²) in [7, 11) is 0. The van der Waals surface area contributed by atoms with Gasteiger partial charge in [0, 0.05) is 5.92 Å². The van der Waals surface area contributed by atoms with E-state index in [1.54, 1.807) is 0 Å². The van der Waals surface area contributed by atoms with Crippen molar-refractivity contribution in [2.45, 2.75) is 58.2 Å². The Morgan fingerprint density at radius 2 is 2.19 bits per heavy atom. The van der Waals surface area contributed by atoms with Crippen LogP contribution in [0.15, 0.2) is 24.3 Å². The van der Waals surface area contributed by atoms with Crippen LogP contribution in [0.5, 0.6) is 0 Å². The molecule has 0 amide bonds. The molecule has 0 bridgehead atoms. The van der Waals surface area contributed by atoms with Gasteiger partial charge in [-0.25, -0.2) is 0 Å². The third-order valence-electron chi connectivity index (χ3n) is 4.83. The van der Waals surface area contributed by atoms with Gasteiger partial charge in [-0.3, -0.25) is 0 Å². The molecule has 1 nitrogen and oxygen atoms in total. The molecule has 1 aliphatic heterocycles. The van der Waals surface area contributed by atoms with Crippen molar-refractivity contribution < 1.29 is 4.74 Å². The summed E-state index contributed by atoms with van der Waals surface area (Å²) >= 11 is 0. The Kier molecular flexibility index (Phi) is 2.78. The number of hydrogen-bond acceptors (Lipinski definition) is 1. The summed E-state index contributed by atoms with van der Waals surface area (Å²) in [6.45, 7) is 13.0. The van der Waals surface area contributed by atoms with Gasteiger partial charge in [0.1, 0.15) is 0 Å². The Bertz CT molecular complexity index is 330. The lowest BCUT2D eigenvalue weighted by molar-refractivity contribution is -0.199. The Balaban J connectivity index is 2.33. The first kappa shape index (κ1) is 11.9. The van der Waals surface area contributed by atoms with Crippen LogP contribution in [0.3, 0.4) is 0 Å². The third-order valence-corrected chi connectivity index (χ3v) is 4.83. The molecule has 0 radical (unpaired) electrons. The monoisotopic (exact) mass is 220 g/mol. The first-order valence-electron chi connectivity index (χ1n) is 6.42. The average Bonchev–Trinajstić information content (AvgIpc) is 2.24. The predicted molar refractivity (Wildman–Crippen MR) is 68.4 cm³/mol. The molecule has 1 aliphatic carbocycles. The van der Waals surface area contributed by atoms with E-state index in [1.807, 2.05) is 6.08 Å². The van der Waals surface area contributed by atoms with Crippen molar-refractivity contribution in [3.8, 4) is 0 Å². The second-order valence-electron chi connectivity index (χ2n) is 5.98. The lowest BCUT2D eigenvalue weighted by atomic mass is 9.65. The Morgan fingerprint density at radius 1 is 1.50 bits per heavy atom. The Hall–Kier alpha value is -0.560. The molecule has 90 valence electrons. The number of fused-ring (bicyclic) bond motifs is 1. The zero-order valence-electron chi connectivity index (χ0n) is 11.0. The summed E-state index contributed by atoms with van der Waals surface area (Å²) < 4.78 is 6.44. The molecule has 1 heteroatoms. The van der Waals surface area contributed by atoms with E-state index >= 15 is 0 Å². The highest BCUT2D eigenvalue weighted by atomic mass is 16.5. The van der Waals surface area contributed by atoms with Gasteiger partial charge in [-0.1, -0.05) is 24.6 Å². The van der Waals surface area contributed by atoms with E-state index in [9.17, 15) is 0 Å². The van der Waals surface area contributed by atoms with Crippen molar-refractivity contribution in [3.63, 3.8) is 0 Å². The van der Waals surface area contributed by atoms with Gasteiger partial charge < -0.3 is 4.74 Å². The Morgan fingerprint density at radius 3 is 2.81 bits per heavy atom. The maximum Gasteiger partial charge on any atom is 0.0839 e. The summed E-state index contributed by atoms with van der Waals surface area (Å²) in [4.78, 5) is 0. The van der Waals surface area contributed by atoms with Crippen LogP contribution in [0.25, 0.3) is 0 Å². The summed E-state index contributed by atoms with van der Waals surface area (Å²) in [5.41, 5.74) is 1.39. The van der Waals surface area contributed by atoms with Gasteiger partial charge in [0.15, 0.2) is 0 Å². The molecule has 0 aromatic carbocycles. The average molecular weight is 220 g/mol. The molecule has 4 atom stereocenters. The van der Waals surface area contributed by atoms with Crippen LogP contribution in [0.4, 0.5) is 0 Å². The highest BCUT2D eigenvalue weighted by Gasteiger charge is 2.49. The number of ether oxygens (including phenoxy) is 1. The maximum absolute atomic E-state index is 6.44. The first-order chi connectivity index (χ1) is 7.41. The van der Waals surface area contributed by atoms with Crippen molar-refractivity contribution in [1.82, 2.24) is 0 Å².